The molecule has 5 rings (SSSR count). The zero-order valence-corrected chi connectivity index (χ0v) is 18.3. The fraction of sp³-hybridized carbons (Fsp3) is 0.304. The fourth-order valence-electron chi connectivity index (χ4n) is 3.98. The van der Waals surface area contributed by atoms with E-state index in [0.717, 1.165) is 28.8 Å². The Balaban J connectivity index is 1.24. The predicted octanol–water partition coefficient (Wildman–Crippen LogP) is 3.11. The van der Waals surface area contributed by atoms with E-state index in [0.29, 0.717) is 22.9 Å². The molecule has 0 spiro atoms. The van der Waals surface area contributed by atoms with Gasteiger partial charge in [-0.1, -0.05) is 29.5 Å². The van der Waals surface area contributed by atoms with Crippen LogP contribution in [0.5, 0.6) is 5.75 Å². The number of aromatic nitrogens is 1. The Hall–Kier alpha value is -3.46. The summed E-state index contributed by atoms with van der Waals surface area (Å²) in [7, 11) is 0. The van der Waals surface area contributed by atoms with E-state index in [1.54, 1.807) is 23.1 Å². The van der Waals surface area contributed by atoms with Crippen LogP contribution in [0, 0.1) is 0 Å². The van der Waals surface area contributed by atoms with Crippen LogP contribution in [-0.2, 0) is 9.59 Å². The molecule has 2 aromatic carbocycles. The van der Waals surface area contributed by atoms with Gasteiger partial charge in [0.05, 0.1) is 23.4 Å². The Morgan fingerprint density at radius 3 is 2.81 bits per heavy atom. The van der Waals surface area contributed by atoms with E-state index in [-0.39, 0.29) is 30.3 Å². The molecule has 164 valence electrons. The third-order valence-corrected chi connectivity index (χ3v) is 6.46. The molecule has 1 fully saturated rings. The van der Waals surface area contributed by atoms with E-state index in [4.69, 9.17) is 4.74 Å². The van der Waals surface area contributed by atoms with Crippen LogP contribution in [0.2, 0.25) is 0 Å². The molecule has 2 N–H and O–H groups in total. The van der Waals surface area contributed by atoms with Crippen LogP contribution in [0.15, 0.2) is 42.5 Å². The number of nitrogens with one attached hydrogen (secondary N) is 2. The maximum atomic E-state index is 13.0. The van der Waals surface area contributed by atoms with Gasteiger partial charge in [-0.15, -0.1) is 0 Å². The van der Waals surface area contributed by atoms with Crippen LogP contribution < -0.4 is 15.4 Å². The summed E-state index contributed by atoms with van der Waals surface area (Å²) in [6.45, 7) is 2.29. The van der Waals surface area contributed by atoms with Gasteiger partial charge in [-0.05, 0) is 49.6 Å². The molecule has 2 aliphatic rings. The molecule has 3 amide bonds. The van der Waals surface area contributed by atoms with Crippen molar-refractivity contribution in [3.8, 4) is 5.75 Å². The topological polar surface area (TPSA) is 101 Å². The van der Waals surface area contributed by atoms with Crippen LogP contribution in [0.1, 0.15) is 41.7 Å². The molecule has 1 aliphatic carbocycles. The number of amides is 3. The van der Waals surface area contributed by atoms with Crippen molar-refractivity contribution in [2.45, 2.75) is 31.8 Å². The highest BCUT2D eigenvalue weighted by Gasteiger charge is 2.47. The minimum atomic E-state index is -0.696. The summed E-state index contributed by atoms with van der Waals surface area (Å²) in [5, 5.41) is 5.88. The average molecular weight is 451 g/mol. The van der Waals surface area contributed by atoms with Gasteiger partial charge in [0.25, 0.3) is 5.91 Å². The van der Waals surface area contributed by atoms with Crippen LogP contribution in [0.3, 0.4) is 0 Å². The van der Waals surface area contributed by atoms with Crippen molar-refractivity contribution in [3.05, 3.63) is 53.6 Å². The first-order chi connectivity index (χ1) is 15.5. The molecular formula is C23H22N4O4S. The van der Waals surface area contributed by atoms with Gasteiger partial charge in [0.1, 0.15) is 11.8 Å². The highest BCUT2D eigenvalue weighted by molar-refractivity contribution is 7.22. The zero-order valence-electron chi connectivity index (χ0n) is 17.5. The molecule has 32 heavy (non-hydrogen) atoms. The van der Waals surface area contributed by atoms with Gasteiger partial charge in [0.2, 0.25) is 11.8 Å². The molecule has 1 saturated carbocycles. The maximum absolute atomic E-state index is 13.0. The van der Waals surface area contributed by atoms with Crippen molar-refractivity contribution in [1.82, 2.24) is 15.2 Å². The van der Waals surface area contributed by atoms with Crippen molar-refractivity contribution in [3.63, 3.8) is 0 Å². The normalized spacial score (nSPS) is 17.3. The maximum Gasteiger partial charge on any atom is 0.255 e. The average Bonchev–Trinajstić information content (AvgIpc) is 3.48. The third kappa shape index (κ3) is 3.80. The molecule has 1 atom stereocenters. The number of anilines is 1. The van der Waals surface area contributed by atoms with Crippen molar-refractivity contribution in [1.29, 1.82) is 0 Å². The molecule has 3 aromatic rings. The van der Waals surface area contributed by atoms with Crippen molar-refractivity contribution >= 4 is 44.4 Å². The predicted molar refractivity (Wildman–Crippen MR) is 121 cm³/mol. The molecule has 2 heterocycles. The van der Waals surface area contributed by atoms with Crippen molar-refractivity contribution < 1.29 is 19.1 Å². The second-order valence-electron chi connectivity index (χ2n) is 7.78. The second kappa shape index (κ2) is 8.23. The molecule has 1 aromatic heterocycles. The Labute approximate surface area is 188 Å². The molecule has 0 radical (unpaired) electrons. The van der Waals surface area contributed by atoms with Gasteiger partial charge in [0, 0.05) is 11.6 Å². The number of hydrogen-bond donors (Lipinski definition) is 2. The molecule has 8 nitrogen and oxygen atoms in total. The van der Waals surface area contributed by atoms with E-state index >= 15 is 0 Å². The molecule has 9 heteroatoms. The standard InChI is InChI=1S/C23H22N4O4S/c1-2-31-14-9-10-17-18(11-14)32-23(25-17)26-19(28)12-24-21(29)20-15-5-3-4-6-16(15)22(30)27(20)13-7-8-13/h3-6,9-11,13,20H,2,7-8,12H2,1H3,(H,24,29)(H,25,26,28). The fourth-order valence-corrected chi connectivity index (χ4v) is 4.89. The van der Waals surface area contributed by atoms with E-state index in [1.165, 1.54) is 11.3 Å². The number of rotatable bonds is 7. The zero-order chi connectivity index (χ0) is 22.2. The van der Waals surface area contributed by atoms with Gasteiger partial charge < -0.3 is 20.3 Å². The van der Waals surface area contributed by atoms with Crippen LogP contribution in [-0.4, -0.2) is 46.8 Å². The van der Waals surface area contributed by atoms with E-state index in [9.17, 15) is 14.4 Å². The largest absolute Gasteiger partial charge is 0.494 e. The van der Waals surface area contributed by atoms with Gasteiger partial charge >= 0.3 is 0 Å². The first-order valence-corrected chi connectivity index (χ1v) is 11.4. The first-order valence-electron chi connectivity index (χ1n) is 10.6. The molecule has 1 unspecified atom stereocenters. The summed E-state index contributed by atoms with van der Waals surface area (Å²) in [4.78, 5) is 44.3. The lowest BCUT2D eigenvalue weighted by atomic mass is 10.0. The van der Waals surface area contributed by atoms with Gasteiger partial charge in [0.15, 0.2) is 5.13 Å². The monoisotopic (exact) mass is 450 g/mol. The summed E-state index contributed by atoms with van der Waals surface area (Å²) in [6.07, 6.45) is 1.79. The number of nitrogens with zero attached hydrogens (tertiary/aromatic N) is 2. The number of thiazole rings is 1. The van der Waals surface area contributed by atoms with Crippen LogP contribution in [0.4, 0.5) is 5.13 Å². The van der Waals surface area contributed by atoms with Crippen LogP contribution >= 0.6 is 11.3 Å². The first kappa shape index (κ1) is 20.4. The number of carbonyl (C=O) groups excluding carboxylic acids is 3. The minimum Gasteiger partial charge on any atom is -0.494 e. The van der Waals surface area contributed by atoms with E-state index < -0.39 is 6.04 Å². The van der Waals surface area contributed by atoms with Gasteiger partial charge in [-0.3, -0.25) is 14.4 Å². The Morgan fingerprint density at radius 1 is 1.22 bits per heavy atom. The van der Waals surface area contributed by atoms with E-state index in [2.05, 4.69) is 15.6 Å². The van der Waals surface area contributed by atoms with Crippen LogP contribution in [0.25, 0.3) is 10.2 Å². The molecule has 1 aliphatic heterocycles. The van der Waals surface area contributed by atoms with Gasteiger partial charge in [-0.25, -0.2) is 4.98 Å². The highest BCUT2D eigenvalue weighted by atomic mass is 32.1. The number of carbonyl (C=O) groups is 3. The molecule has 0 saturated heterocycles. The van der Waals surface area contributed by atoms with E-state index in [1.807, 2.05) is 31.2 Å². The van der Waals surface area contributed by atoms with Crippen molar-refractivity contribution in [2.24, 2.45) is 0 Å². The lowest BCUT2D eigenvalue weighted by Crippen LogP contribution is -2.42. The Bertz CT molecular complexity index is 1220. The molecule has 0 bridgehead atoms. The quantitative estimate of drug-likeness (QED) is 0.576. The lowest BCUT2D eigenvalue weighted by Gasteiger charge is -2.24. The number of benzene rings is 2. The third-order valence-electron chi connectivity index (χ3n) is 5.53. The SMILES string of the molecule is CCOc1ccc2nc(NC(=O)CNC(=O)C3c4ccccc4C(=O)N3C3CC3)sc2c1. The number of ether oxygens (including phenoxy) is 1. The highest BCUT2D eigenvalue weighted by Crippen LogP contribution is 2.41. The number of fused-ring (bicyclic) bond motifs is 2. The Kier molecular flexibility index (Phi) is 5.26. The lowest BCUT2D eigenvalue weighted by molar-refractivity contribution is -0.127. The second-order valence-corrected chi connectivity index (χ2v) is 8.81. The summed E-state index contributed by atoms with van der Waals surface area (Å²) in [5.41, 5.74) is 2.02. The van der Waals surface area contributed by atoms with Crippen molar-refractivity contribution in [2.75, 3.05) is 18.5 Å². The minimum absolute atomic E-state index is 0.0869. The summed E-state index contributed by atoms with van der Waals surface area (Å²) in [6, 6.07) is 12.1. The smallest absolute Gasteiger partial charge is 0.255 e. The number of hydrogen-bond acceptors (Lipinski definition) is 6. The summed E-state index contributed by atoms with van der Waals surface area (Å²) in [5.74, 6) is -0.0944. The van der Waals surface area contributed by atoms with Gasteiger partial charge in [-0.2, -0.15) is 0 Å². The molecular weight excluding hydrogens is 428 g/mol. The summed E-state index contributed by atoms with van der Waals surface area (Å²) < 4.78 is 6.40. The Morgan fingerprint density at radius 2 is 2.03 bits per heavy atom. The summed E-state index contributed by atoms with van der Waals surface area (Å²) >= 11 is 1.34.